The molecule has 1 saturated heterocycles. The van der Waals surface area contributed by atoms with Crippen LogP contribution in [0.15, 0.2) is 48.5 Å². The third kappa shape index (κ3) is 5.72. The zero-order valence-corrected chi connectivity index (χ0v) is 18.5. The van der Waals surface area contributed by atoms with Gasteiger partial charge < -0.3 is 5.32 Å². The van der Waals surface area contributed by atoms with Gasteiger partial charge in [-0.1, -0.05) is 59.6 Å². The molecule has 2 atom stereocenters. The minimum absolute atomic E-state index is 0.120. The number of carbonyl (C=O) groups is 1. The van der Waals surface area contributed by atoms with E-state index in [1.165, 1.54) is 10.4 Å². The number of nitrogens with zero attached hydrogens (tertiary/aromatic N) is 1. The standard InChI is InChI=1S/C21H24Cl2N2O3S/c1-15(16-6-3-2-4-7-16)24-21(26)17-8-5-11-25(13-17)29(27,28)14-18-9-10-19(22)12-20(18)23/h2-4,6-7,9-10,12,15,17H,5,8,11,13-14H2,1H3,(H,24,26)/t15-,17-/m1/s1. The second-order valence-corrected chi connectivity index (χ2v) is 10.1. The monoisotopic (exact) mass is 454 g/mol. The fourth-order valence-electron chi connectivity index (χ4n) is 3.49. The molecule has 0 spiro atoms. The molecule has 1 N–H and O–H groups in total. The molecule has 1 aliphatic heterocycles. The number of benzene rings is 2. The van der Waals surface area contributed by atoms with Crippen LogP contribution in [-0.4, -0.2) is 31.7 Å². The molecule has 29 heavy (non-hydrogen) atoms. The van der Waals surface area contributed by atoms with E-state index < -0.39 is 10.0 Å². The summed E-state index contributed by atoms with van der Waals surface area (Å²) in [6.07, 6.45) is 1.31. The van der Waals surface area contributed by atoms with E-state index in [4.69, 9.17) is 23.2 Å². The number of rotatable bonds is 6. The third-order valence-electron chi connectivity index (χ3n) is 5.16. The molecule has 2 aromatic carbocycles. The number of amides is 1. The Kier molecular flexibility index (Phi) is 7.22. The third-order valence-corrected chi connectivity index (χ3v) is 7.54. The Labute approximate surface area is 182 Å². The summed E-state index contributed by atoms with van der Waals surface area (Å²) >= 11 is 12.0. The van der Waals surface area contributed by atoms with Crippen LogP contribution in [0.25, 0.3) is 0 Å². The maximum atomic E-state index is 12.9. The highest BCUT2D eigenvalue weighted by Gasteiger charge is 2.33. The van der Waals surface area contributed by atoms with Crippen molar-refractivity contribution >= 4 is 39.1 Å². The Balaban J connectivity index is 1.65. The fraction of sp³-hybridized carbons (Fsp3) is 0.381. The van der Waals surface area contributed by atoms with E-state index in [0.29, 0.717) is 35.0 Å². The molecule has 0 aliphatic carbocycles. The summed E-state index contributed by atoms with van der Waals surface area (Å²) in [4.78, 5) is 12.7. The first-order chi connectivity index (χ1) is 13.8. The Morgan fingerprint density at radius 2 is 1.93 bits per heavy atom. The molecule has 0 unspecified atom stereocenters. The second kappa shape index (κ2) is 9.47. The Bertz CT molecular complexity index is 967. The van der Waals surface area contributed by atoms with Crippen molar-refractivity contribution in [1.29, 1.82) is 0 Å². The SMILES string of the molecule is C[C@@H](NC(=O)[C@@H]1CCCN(S(=O)(=O)Cc2ccc(Cl)cc2Cl)C1)c1ccccc1. The number of hydrogen-bond donors (Lipinski definition) is 1. The summed E-state index contributed by atoms with van der Waals surface area (Å²) < 4.78 is 27.2. The molecule has 5 nitrogen and oxygen atoms in total. The molecule has 1 aliphatic rings. The Morgan fingerprint density at radius 1 is 1.21 bits per heavy atom. The highest BCUT2D eigenvalue weighted by atomic mass is 35.5. The Hall–Kier alpha value is -1.60. The van der Waals surface area contributed by atoms with Gasteiger partial charge >= 0.3 is 0 Å². The molecule has 0 bridgehead atoms. The first-order valence-corrected chi connectivity index (χ1v) is 11.9. The van der Waals surface area contributed by atoms with Gasteiger partial charge in [0.15, 0.2) is 0 Å². The number of sulfonamides is 1. The molecule has 0 saturated carbocycles. The molecule has 0 radical (unpaired) electrons. The van der Waals surface area contributed by atoms with Crippen LogP contribution in [0.4, 0.5) is 0 Å². The number of nitrogens with one attached hydrogen (secondary N) is 1. The number of halogens is 2. The Morgan fingerprint density at radius 3 is 2.62 bits per heavy atom. The van der Waals surface area contributed by atoms with Crippen molar-refractivity contribution in [3.8, 4) is 0 Å². The minimum atomic E-state index is -3.59. The second-order valence-electron chi connectivity index (χ2n) is 7.33. The summed E-state index contributed by atoms with van der Waals surface area (Å²) in [6, 6.07) is 14.3. The van der Waals surface area contributed by atoms with E-state index in [0.717, 1.165) is 5.56 Å². The molecule has 3 rings (SSSR count). The van der Waals surface area contributed by atoms with E-state index in [1.54, 1.807) is 12.1 Å². The van der Waals surface area contributed by atoms with Crippen LogP contribution in [0.3, 0.4) is 0 Å². The van der Waals surface area contributed by atoms with Gasteiger partial charge in [0, 0.05) is 23.1 Å². The van der Waals surface area contributed by atoms with E-state index in [2.05, 4.69) is 5.32 Å². The van der Waals surface area contributed by atoms with Crippen molar-refractivity contribution in [2.45, 2.75) is 31.6 Å². The van der Waals surface area contributed by atoms with Crippen molar-refractivity contribution < 1.29 is 13.2 Å². The summed E-state index contributed by atoms with van der Waals surface area (Å²) in [5.41, 5.74) is 1.51. The fourth-order valence-corrected chi connectivity index (χ4v) is 5.69. The van der Waals surface area contributed by atoms with Gasteiger partial charge in [0.25, 0.3) is 0 Å². The van der Waals surface area contributed by atoms with E-state index >= 15 is 0 Å². The van der Waals surface area contributed by atoms with Gasteiger partial charge in [-0.25, -0.2) is 12.7 Å². The van der Waals surface area contributed by atoms with Crippen LogP contribution in [0.5, 0.6) is 0 Å². The molecule has 2 aromatic rings. The molecule has 1 fully saturated rings. The summed E-state index contributed by atoms with van der Waals surface area (Å²) in [7, 11) is -3.59. The number of carbonyl (C=O) groups excluding carboxylic acids is 1. The van der Waals surface area contributed by atoms with Crippen molar-refractivity contribution in [2.24, 2.45) is 5.92 Å². The molecule has 8 heteroatoms. The van der Waals surface area contributed by atoms with E-state index in [1.807, 2.05) is 37.3 Å². The molecular formula is C21H24Cl2N2O3S. The smallest absolute Gasteiger partial charge is 0.224 e. The summed E-state index contributed by atoms with van der Waals surface area (Å²) in [6.45, 7) is 2.51. The number of hydrogen-bond acceptors (Lipinski definition) is 3. The van der Waals surface area contributed by atoms with Gasteiger partial charge in [-0.05, 0) is 43.0 Å². The largest absolute Gasteiger partial charge is 0.349 e. The lowest BCUT2D eigenvalue weighted by Gasteiger charge is -2.32. The lowest BCUT2D eigenvalue weighted by molar-refractivity contribution is -0.126. The van der Waals surface area contributed by atoms with Crippen LogP contribution in [-0.2, 0) is 20.6 Å². The predicted molar refractivity (Wildman–Crippen MR) is 116 cm³/mol. The van der Waals surface area contributed by atoms with Gasteiger partial charge in [0.1, 0.15) is 0 Å². The summed E-state index contributed by atoms with van der Waals surface area (Å²) in [5, 5.41) is 3.79. The van der Waals surface area contributed by atoms with E-state index in [-0.39, 0.29) is 30.2 Å². The normalized spacial score (nSPS) is 18.9. The van der Waals surface area contributed by atoms with Gasteiger partial charge in [-0.2, -0.15) is 0 Å². The van der Waals surface area contributed by atoms with Gasteiger partial charge in [0.05, 0.1) is 17.7 Å². The topological polar surface area (TPSA) is 66.5 Å². The summed E-state index contributed by atoms with van der Waals surface area (Å²) in [5.74, 6) is -0.700. The maximum Gasteiger partial charge on any atom is 0.224 e. The van der Waals surface area contributed by atoms with Crippen LogP contribution in [0.2, 0.25) is 10.0 Å². The van der Waals surface area contributed by atoms with E-state index in [9.17, 15) is 13.2 Å². The first-order valence-electron chi connectivity index (χ1n) is 9.53. The van der Waals surface area contributed by atoms with Crippen molar-refractivity contribution in [3.05, 3.63) is 69.7 Å². The minimum Gasteiger partial charge on any atom is -0.349 e. The lowest BCUT2D eigenvalue weighted by Crippen LogP contribution is -2.46. The van der Waals surface area contributed by atoms with Crippen LogP contribution in [0, 0.1) is 5.92 Å². The zero-order chi connectivity index (χ0) is 21.0. The van der Waals surface area contributed by atoms with Gasteiger partial charge in [-0.3, -0.25) is 4.79 Å². The molecule has 1 heterocycles. The first kappa shape index (κ1) is 22.1. The van der Waals surface area contributed by atoms with Crippen LogP contribution >= 0.6 is 23.2 Å². The van der Waals surface area contributed by atoms with Crippen LogP contribution in [0.1, 0.15) is 36.9 Å². The van der Waals surface area contributed by atoms with Crippen LogP contribution < -0.4 is 5.32 Å². The predicted octanol–water partition coefficient (Wildman–Crippen LogP) is 4.41. The highest BCUT2D eigenvalue weighted by Crippen LogP contribution is 2.26. The molecule has 1 amide bonds. The average Bonchev–Trinajstić information content (AvgIpc) is 2.71. The quantitative estimate of drug-likeness (QED) is 0.702. The average molecular weight is 455 g/mol. The van der Waals surface area contributed by atoms with Gasteiger partial charge in [-0.15, -0.1) is 0 Å². The lowest BCUT2D eigenvalue weighted by atomic mass is 9.98. The zero-order valence-electron chi connectivity index (χ0n) is 16.1. The van der Waals surface area contributed by atoms with Crippen molar-refractivity contribution in [3.63, 3.8) is 0 Å². The van der Waals surface area contributed by atoms with Gasteiger partial charge in [0.2, 0.25) is 15.9 Å². The van der Waals surface area contributed by atoms with Crippen molar-refractivity contribution in [2.75, 3.05) is 13.1 Å². The molecular weight excluding hydrogens is 431 g/mol. The maximum absolute atomic E-state index is 12.9. The highest BCUT2D eigenvalue weighted by molar-refractivity contribution is 7.88. The molecule has 156 valence electrons. The van der Waals surface area contributed by atoms with Crippen molar-refractivity contribution in [1.82, 2.24) is 9.62 Å². The number of piperidine rings is 1. The molecule has 0 aromatic heterocycles.